The van der Waals surface area contributed by atoms with Crippen molar-refractivity contribution >= 4 is 13.7 Å². The normalized spacial score (nSPS) is 43.6. The second-order valence-corrected chi connectivity index (χ2v) is 8.91. The van der Waals surface area contributed by atoms with E-state index in [9.17, 15) is 9.36 Å². The van der Waals surface area contributed by atoms with E-state index in [1.807, 2.05) is 0 Å². The molecule has 1 amide bonds. The minimum absolute atomic E-state index is 0.0638. The van der Waals surface area contributed by atoms with Gasteiger partial charge in [0.2, 0.25) is 0 Å². The number of ether oxygens (including phenoxy) is 1. The Hall–Kier alpha value is -1.22. The zero-order valence-corrected chi connectivity index (χ0v) is 15.5. The van der Waals surface area contributed by atoms with Crippen molar-refractivity contribution in [2.75, 3.05) is 6.61 Å². The molecule has 1 aliphatic carbocycles. The van der Waals surface area contributed by atoms with Crippen molar-refractivity contribution in [3.63, 3.8) is 0 Å². The molecule has 0 aromatic heterocycles. The van der Waals surface area contributed by atoms with Crippen LogP contribution in [0, 0.1) is 0 Å². The van der Waals surface area contributed by atoms with Crippen molar-refractivity contribution in [2.45, 2.75) is 62.7 Å². The molecule has 0 unspecified atom stereocenters. The minimum Gasteiger partial charge on any atom is -0.347 e. The van der Waals surface area contributed by atoms with Crippen LogP contribution in [0.4, 0.5) is 0 Å². The number of amides is 1. The van der Waals surface area contributed by atoms with Gasteiger partial charge in [0.1, 0.15) is 18.0 Å². The fourth-order valence-corrected chi connectivity index (χ4v) is 5.59. The number of fused-ring (bicyclic) bond motifs is 1. The van der Waals surface area contributed by atoms with E-state index in [1.165, 1.54) is 6.08 Å². The Kier molecular flexibility index (Phi) is 4.50. The summed E-state index contributed by atoms with van der Waals surface area (Å²) in [7, 11) is -3.69. The molecule has 0 bridgehead atoms. The van der Waals surface area contributed by atoms with Crippen molar-refractivity contribution in [1.82, 2.24) is 10.2 Å². The van der Waals surface area contributed by atoms with Crippen LogP contribution in [-0.2, 0) is 27.7 Å². The van der Waals surface area contributed by atoms with Crippen LogP contribution >= 0.6 is 7.82 Å². The molecule has 3 aliphatic heterocycles. The number of nitrogens with one attached hydrogen (secondary N) is 1. The summed E-state index contributed by atoms with van der Waals surface area (Å²) >= 11 is 0. The zero-order valence-electron chi connectivity index (χ0n) is 14.6. The van der Waals surface area contributed by atoms with E-state index in [1.54, 1.807) is 18.0 Å². The first kappa shape index (κ1) is 18.2. The van der Waals surface area contributed by atoms with Crippen LogP contribution in [-0.4, -0.2) is 47.5 Å². The van der Waals surface area contributed by atoms with Crippen LogP contribution in [0.2, 0.25) is 0 Å². The Balaban J connectivity index is 1.52. The van der Waals surface area contributed by atoms with Crippen molar-refractivity contribution in [2.24, 2.45) is 5.73 Å². The maximum atomic E-state index is 12.9. The number of nitrogens with zero attached hydrogens (tertiary/aromatic N) is 1. The van der Waals surface area contributed by atoms with Gasteiger partial charge in [-0.15, -0.1) is 0 Å². The van der Waals surface area contributed by atoms with E-state index in [-0.39, 0.29) is 18.6 Å². The van der Waals surface area contributed by atoms with E-state index < -0.39 is 31.8 Å². The SMILES string of the molecule is C=C1NC(=O)C=CN1[C@@H]1O[C@@H]2CO[P@@](=O)(OC3CCCC3)O[C@H]2[C@@]1(C)N. The molecule has 144 valence electrons. The molecule has 1 saturated carbocycles. The fourth-order valence-electron chi connectivity index (χ4n) is 3.87. The highest BCUT2D eigenvalue weighted by Crippen LogP contribution is 2.59. The summed E-state index contributed by atoms with van der Waals surface area (Å²) in [5.74, 6) is 0.0820. The Morgan fingerprint density at radius 1 is 1.46 bits per heavy atom. The molecule has 0 aromatic rings. The van der Waals surface area contributed by atoms with Gasteiger partial charge in [-0.25, -0.2) is 4.57 Å². The molecule has 0 radical (unpaired) electrons. The van der Waals surface area contributed by atoms with Gasteiger partial charge in [0.25, 0.3) is 5.91 Å². The summed E-state index contributed by atoms with van der Waals surface area (Å²) < 4.78 is 35.7. The average molecular weight is 385 g/mol. The summed E-state index contributed by atoms with van der Waals surface area (Å²) in [6.45, 7) is 5.65. The van der Waals surface area contributed by atoms with E-state index in [2.05, 4.69) is 11.9 Å². The second kappa shape index (κ2) is 6.44. The molecule has 26 heavy (non-hydrogen) atoms. The third-order valence-electron chi connectivity index (χ3n) is 5.22. The van der Waals surface area contributed by atoms with Crippen molar-refractivity contribution in [1.29, 1.82) is 0 Å². The lowest BCUT2D eigenvalue weighted by atomic mass is 9.93. The highest BCUT2D eigenvalue weighted by Gasteiger charge is 2.60. The molecule has 4 aliphatic rings. The topological polar surface area (TPSA) is 112 Å². The molecular formula is C16H24N3O6P. The van der Waals surface area contributed by atoms with Gasteiger partial charge in [-0.3, -0.25) is 18.4 Å². The highest BCUT2D eigenvalue weighted by atomic mass is 31.2. The summed E-state index contributed by atoms with van der Waals surface area (Å²) in [4.78, 5) is 13.1. The molecule has 3 heterocycles. The third kappa shape index (κ3) is 3.13. The summed E-state index contributed by atoms with van der Waals surface area (Å²) in [5.41, 5.74) is 5.49. The number of rotatable bonds is 3. The molecule has 10 heteroatoms. The zero-order chi connectivity index (χ0) is 18.5. The van der Waals surface area contributed by atoms with Gasteiger partial charge in [-0.2, -0.15) is 0 Å². The van der Waals surface area contributed by atoms with Crippen molar-refractivity contribution in [3.05, 3.63) is 24.7 Å². The number of nitrogens with two attached hydrogens (primary N) is 1. The average Bonchev–Trinajstić information content (AvgIpc) is 3.14. The Morgan fingerprint density at radius 3 is 2.88 bits per heavy atom. The van der Waals surface area contributed by atoms with Crippen LogP contribution in [0.5, 0.6) is 0 Å². The van der Waals surface area contributed by atoms with E-state index in [0.29, 0.717) is 5.82 Å². The molecule has 9 nitrogen and oxygen atoms in total. The first-order valence-electron chi connectivity index (χ1n) is 8.81. The lowest BCUT2D eigenvalue weighted by Crippen LogP contribution is -2.60. The summed E-state index contributed by atoms with van der Waals surface area (Å²) in [6.07, 6.45) is 4.77. The van der Waals surface area contributed by atoms with Gasteiger partial charge in [0.15, 0.2) is 6.23 Å². The van der Waals surface area contributed by atoms with Crippen LogP contribution < -0.4 is 11.1 Å². The molecular weight excluding hydrogens is 361 g/mol. The van der Waals surface area contributed by atoms with Crippen LogP contribution in [0.1, 0.15) is 32.6 Å². The Morgan fingerprint density at radius 2 is 2.19 bits per heavy atom. The number of hydrogen-bond donors (Lipinski definition) is 2. The van der Waals surface area contributed by atoms with E-state index in [4.69, 9.17) is 24.0 Å². The number of phosphoric acid groups is 1. The third-order valence-corrected chi connectivity index (χ3v) is 6.73. The van der Waals surface area contributed by atoms with Crippen LogP contribution in [0.15, 0.2) is 24.7 Å². The van der Waals surface area contributed by atoms with Gasteiger partial charge >= 0.3 is 7.82 Å². The number of carbonyl (C=O) groups excluding carboxylic acids is 1. The maximum absolute atomic E-state index is 12.9. The monoisotopic (exact) mass is 385 g/mol. The highest BCUT2D eigenvalue weighted by molar-refractivity contribution is 7.48. The minimum atomic E-state index is -3.69. The maximum Gasteiger partial charge on any atom is 0.475 e. The van der Waals surface area contributed by atoms with E-state index in [0.717, 1.165) is 25.7 Å². The quantitative estimate of drug-likeness (QED) is 0.700. The summed E-state index contributed by atoms with van der Waals surface area (Å²) in [5, 5.41) is 2.61. The lowest BCUT2D eigenvalue weighted by Gasteiger charge is -2.39. The Labute approximate surface area is 152 Å². The number of hydrogen-bond acceptors (Lipinski definition) is 8. The predicted molar refractivity (Wildman–Crippen MR) is 91.3 cm³/mol. The van der Waals surface area contributed by atoms with Gasteiger partial charge in [-0.05, 0) is 19.8 Å². The number of phosphoric ester groups is 1. The predicted octanol–water partition coefficient (Wildman–Crippen LogP) is 1.33. The van der Waals surface area contributed by atoms with Crippen LogP contribution in [0.3, 0.4) is 0 Å². The smallest absolute Gasteiger partial charge is 0.347 e. The molecule has 3 fully saturated rings. The van der Waals surface area contributed by atoms with Crippen molar-refractivity contribution < 1.29 is 27.7 Å². The molecule has 3 N–H and O–H groups in total. The van der Waals surface area contributed by atoms with Gasteiger partial charge in [0, 0.05) is 12.3 Å². The van der Waals surface area contributed by atoms with Crippen LogP contribution in [0.25, 0.3) is 0 Å². The molecule has 5 atom stereocenters. The van der Waals surface area contributed by atoms with Gasteiger partial charge in [0.05, 0.1) is 18.2 Å². The molecule has 2 saturated heterocycles. The first-order chi connectivity index (χ1) is 12.3. The standard InChI is InChI=1S/C16H24N3O6P/c1-10-18-13(20)7-8-19(10)15-16(2,17)14-12(23-15)9-22-26(21,25-14)24-11-5-3-4-6-11/h7-8,11-12,14-15H,1,3-6,9,17H2,2H3,(H,18,20)/t12-,14-,15-,16-,26+/m1/s1. The second-order valence-electron chi connectivity index (χ2n) is 7.33. The summed E-state index contributed by atoms with van der Waals surface area (Å²) in [6, 6.07) is 0. The van der Waals surface area contributed by atoms with Gasteiger partial charge in [-0.1, -0.05) is 19.4 Å². The van der Waals surface area contributed by atoms with Gasteiger partial charge < -0.3 is 20.7 Å². The number of carbonyl (C=O) groups is 1. The molecule has 4 rings (SSSR count). The van der Waals surface area contributed by atoms with E-state index >= 15 is 0 Å². The van der Waals surface area contributed by atoms with Crippen molar-refractivity contribution in [3.8, 4) is 0 Å². The Bertz CT molecular complexity index is 689. The molecule has 0 spiro atoms. The first-order valence-corrected chi connectivity index (χ1v) is 10.3. The largest absolute Gasteiger partial charge is 0.475 e. The fraction of sp³-hybridized carbons (Fsp3) is 0.688. The lowest BCUT2D eigenvalue weighted by molar-refractivity contribution is -0.118. The molecule has 0 aromatic carbocycles.